The molecule has 110 valence electrons. The number of ether oxygens (including phenoxy) is 1. The van der Waals surface area contributed by atoms with Gasteiger partial charge >= 0.3 is 12.0 Å². The van der Waals surface area contributed by atoms with E-state index in [9.17, 15) is 9.59 Å². The maximum absolute atomic E-state index is 12.4. The minimum atomic E-state index is -1.06. The van der Waals surface area contributed by atoms with Crippen LogP contribution < -0.4 is 0 Å². The van der Waals surface area contributed by atoms with Crippen molar-refractivity contribution in [3.8, 4) is 0 Å². The fraction of sp³-hybridized carbons (Fsp3) is 0.833. The number of carbonyl (C=O) groups excluding carboxylic acids is 1. The number of carboxylic acid groups (broad SMARTS) is 1. The SMILES string of the molecule is CC(C)N(CCCO)C(=O)N1CCOCC1C(=O)O. The molecule has 1 unspecified atom stereocenters. The summed E-state index contributed by atoms with van der Waals surface area (Å²) < 4.78 is 5.11. The Kier molecular flexibility index (Phi) is 6.04. The normalized spacial score (nSPS) is 19.6. The van der Waals surface area contributed by atoms with E-state index >= 15 is 0 Å². The monoisotopic (exact) mass is 274 g/mol. The van der Waals surface area contributed by atoms with E-state index in [4.69, 9.17) is 14.9 Å². The molecule has 1 saturated heterocycles. The van der Waals surface area contributed by atoms with E-state index in [-0.39, 0.29) is 31.8 Å². The number of hydrogen-bond donors (Lipinski definition) is 2. The second-order valence-corrected chi connectivity index (χ2v) is 4.77. The lowest BCUT2D eigenvalue weighted by Crippen LogP contribution is -2.57. The minimum Gasteiger partial charge on any atom is -0.480 e. The van der Waals surface area contributed by atoms with Gasteiger partial charge in [0.1, 0.15) is 0 Å². The number of carboxylic acids is 1. The molecule has 1 aliphatic heterocycles. The molecule has 0 saturated carbocycles. The zero-order valence-corrected chi connectivity index (χ0v) is 11.4. The van der Waals surface area contributed by atoms with E-state index in [1.54, 1.807) is 4.90 Å². The van der Waals surface area contributed by atoms with Gasteiger partial charge < -0.3 is 24.7 Å². The molecule has 0 aliphatic carbocycles. The molecular formula is C12H22N2O5. The summed E-state index contributed by atoms with van der Waals surface area (Å²) >= 11 is 0. The number of urea groups is 1. The van der Waals surface area contributed by atoms with Crippen LogP contribution in [0.25, 0.3) is 0 Å². The number of morpholine rings is 1. The first kappa shape index (κ1) is 15.7. The molecule has 19 heavy (non-hydrogen) atoms. The summed E-state index contributed by atoms with van der Waals surface area (Å²) in [5.41, 5.74) is 0. The number of rotatable bonds is 5. The summed E-state index contributed by atoms with van der Waals surface area (Å²) in [5, 5.41) is 18.0. The molecule has 7 nitrogen and oxygen atoms in total. The molecule has 1 aliphatic rings. The van der Waals surface area contributed by atoms with Crippen molar-refractivity contribution in [3.63, 3.8) is 0 Å². The van der Waals surface area contributed by atoms with E-state index in [1.165, 1.54) is 4.90 Å². The Labute approximate surface area is 112 Å². The first-order chi connectivity index (χ1) is 8.99. The number of aliphatic carboxylic acids is 1. The maximum Gasteiger partial charge on any atom is 0.328 e. The van der Waals surface area contributed by atoms with E-state index in [2.05, 4.69) is 0 Å². The third kappa shape index (κ3) is 4.07. The van der Waals surface area contributed by atoms with Crippen LogP contribution in [0.2, 0.25) is 0 Å². The second kappa shape index (κ2) is 7.30. The van der Waals surface area contributed by atoms with Gasteiger partial charge in [0.05, 0.1) is 13.2 Å². The highest BCUT2D eigenvalue weighted by Gasteiger charge is 2.35. The van der Waals surface area contributed by atoms with Gasteiger partial charge in [0.2, 0.25) is 0 Å². The highest BCUT2D eigenvalue weighted by atomic mass is 16.5. The Morgan fingerprint density at radius 1 is 1.47 bits per heavy atom. The zero-order valence-electron chi connectivity index (χ0n) is 11.4. The number of aliphatic hydroxyl groups is 1. The predicted octanol–water partition coefficient (Wildman–Crippen LogP) is -0.0154. The van der Waals surface area contributed by atoms with Crippen molar-refractivity contribution in [2.24, 2.45) is 0 Å². The molecule has 0 aromatic heterocycles. The molecule has 0 aromatic carbocycles. The molecule has 0 spiro atoms. The third-order valence-corrected chi connectivity index (χ3v) is 3.09. The molecule has 1 rings (SSSR count). The summed E-state index contributed by atoms with van der Waals surface area (Å²) in [5.74, 6) is -1.06. The fourth-order valence-electron chi connectivity index (χ4n) is 2.02. The summed E-state index contributed by atoms with van der Waals surface area (Å²) in [6, 6.07) is -1.29. The van der Waals surface area contributed by atoms with Crippen LogP contribution in [0.5, 0.6) is 0 Å². The summed E-state index contributed by atoms with van der Waals surface area (Å²) in [6.45, 7) is 4.79. The van der Waals surface area contributed by atoms with Gasteiger partial charge in [-0.15, -0.1) is 0 Å². The molecule has 0 aromatic rings. The second-order valence-electron chi connectivity index (χ2n) is 4.77. The molecule has 1 fully saturated rings. The van der Waals surface area contributed by atoms with E-state index in [0.29, 0.717) is 19.6 Å². The number of amides is 2. The van der Waals surface area contributed by atoms with Gasteiger partial charge in [-0.25, -0.2) is 9.59 Å². The van der Waals surface area contributed by atoms with Crippen molar-refractivity contribution in [1.29, 1.82) is 0 Å². The molecule has 7 heteroatoms. The fourth-order valence-corrected chi connectivity index (χ4v) is 2.02. The van der Waals surface area contributed by atoms with Gasteiger partial charge in [-0.1, -0.05) is 0 Å². The quantitative estimate of drug-likeness (QED) is 0.735. The minimum absolute atomic E-state index is 0.00195. The molecular weight excluding hydrogens is 252 g/mol. The molecule has 2 N–H and O–H groups in total. The molecule has 1 heterocycles. The lowest BCUT2D eigenvalue weighted by molar-refractivity contribution is -0.147. The Balaban J connectivity index is 2.78. The Hall–Kier alpha value is -1.34. The highest BCUT2D eigenvalue weighted by molar-refractivity contribution is 5.83. The van der Waals surface area contributed by atoms with Crippen LogP contribution in [0.1, 0.15) is 20.3 Å². The predicted molar refractivity (Wildman–Crippen MR) is 67.9 cm³/mol. The van der Waals surface area contributed by atoms with Gasteiger partial charge in [0.15, 0.2) is 6.04 Å². The first-order valence-corrected chi connectivity index (χ1v) is 6.47. The number of nitrogens with zero attached hydrogens (tertiary/aromatic N) is 2. The summed E-state index contributed by atoms with van der Waals surface area (Å²) in [7, 11) is 0. The Morgan fingerprint density at radius 2 is 2.16 bits per heavy atom. The van der Waals surface area contributed by atoms with Crippen LogP contribution in [-0.4, -0.2) is 77.0 Å². The number of hydrogen-bond acceptors (Lipinski definition) is 4. The topological polar surface area (TPSA) is 90.3 Å². The Bertz CT molecular complexity index is 321. The van der Waals surface area contributed by atoms with E-state index in [0.717, 1.165) is 0 Å². The van der Waals surface area contributed by atoms with Crippen molar-refractivity contribution in [2.45, 2.75) is 32.4 Å². The van der Waals surface area contributed by atoms with E-state index in [1.807, 2.05) is 13.8 Å². The summed E-state index contributed by atoms with van der Waals surface area (Å²) in [6.07, 6.45) is 0.478. The van der Waals surface area contributed by atoms with E-state index < -0.39 is 12.0 Å². The van der Waals surface area contributed by atoms with Crippen molar-refractivity contribution < 1.29 is 24.5 Å². The average Bonchev–Trinajstić information content (AvgIpc) is 2.38. The van der Waals surface area contributed by atoms with Crippen LogP contribution in [-0.2, 0) is 9.53 Å². The Morgan fingerprint density at radius 3 is 2.68 bits per heavy atom. The van der Waals surface area contributed by atoms with Crippen LogP contribution in [0.3, 0.4) is 0 Å². The largest absolute Gasteiger partial charge is 0.480 e. The number of aliphatic hydroxyl groups excluding tert-OH is 1. The molecule has 1 atom stereocenters. The van der Waals surface area contributed by atoms with Gasteiger partial charge in [-0.3, -0.25) is 0 Å². The lowest BCUT2D eigenvalue weighted by Gasteiger charge is -2.38. The molecule has 0 bridgehead atoms. The van der Waals surface area contributed by atoms with Crippen LogP contribution in [0.15, 0.2) is 0 Å². The van der Waals surface area contributed by atoms with Gasteiger partial charge in [0.25, 0.3) is 0 Å². The maximum atomic E-state index is 12.4. The lowest BCUT2D eigenvalue weighted by atomic mass is 10.2. The smallest absolute Gasteiger partial charge is 0.328 e. The number of carbonyl (C=O) groups is 2. The van der Waals surface area contributed by atoms with Crippen LogP contribution in [0, 0.1) is 0 Å². The average molecular weight is 274 g/mol. The first-order valence-electron chi connectivity index (χ1n) is 6.47. The van der Waals surface area contributed by atoms with Crippen molar-refractivity contribution in [2.75, 3.05) is 32.9 Å². The van der Waals surface area contributed by atoms with Crippen molar-refractivity contribution >= 4 is 12.0 Å². The van der Waals surface area contributed by atoms with Crippen LogP contribution >= 0.6 is 0 Å². The van der Waals surface area contributed by atoms with Crippen molar-refractivity contribution in [1.82, 2.24) is 9.80 Å². The molecule has 0 radical (unpaired) electrons. The third-order valence-electron chi connectivity index (χ3n) is 3.09. The standard InChI is InChI=1S/C12H22N2O5/c1-9(2)13(4-3-6-15)12(18)14-5-7-19-8-10(14)11(16)17/h9-10,15H,3-8H2,1-2H3,(H,16,17). The van der Waals surface area contributed by atoms with Gasteiger partial charge in [-0.2, -0.15) is 0 Å². The zero-order chi connectivity index (χ0) is 14.4. The van der Waals surface area contributed by atoms with Crippen LogP contribution in [0.4, 0.5) is 4.79 Å². The van der Waals surface area contributed by atoms with Crippen molar-refractivity contribution in [3.05, 3.63) is 0 Å². The summed E-state index contributed by atoms with van der Waals surface area (Å²) in [4.78, 5) is 26.5. The van der Waals surface area contributed by atoms with Gasteiger partial charge in [-0.05, 0) is 20.3 Å². The highest BCUT2D eigenvalue weighted by Crippen LogP contribution is 2.13. The van der Waals surface area contributed by atoms with Gasteiger partial charge in [0, 0.05) is 25.7 Å². The molecule has 2 amide bonds.